The van der Waals surface area contributed by atoms with Crippen molar-refractivity contribution < 1.29 is 19.4 Å². The maximum Gasteiger partial charge on any atom is 0.308 e. The molecule has 0 spiro atoms. The molecule has 1 aromatic heterocycles. The van der Waals surface area contributed by atoms with E-state index in [-0.39, 0.29) is 12.5 Å². The SMILES string of the molecule is CCN(CC(C)C(=O)O)C(=O)c1sccc1OC. The number of carboxylic acids is 1. The van der Waals surface area contributed by atoms with Crippen molar-refractivity contribution in [3.05, 3.63) is 16.3 Å². The fraction of sp³-hybridized carbons (Fsp3) is 0.500. The summed E-state index contributed by atoms with van der Waals surface area (Å²) in [4.78, 5) is 25.1. The average molecular weight is 271 g/mol. The first-order chi connectivity index (χ1) is 8.51. The van der Waals surface area contributed by atoms with Crippen molar-refractivity contribution in [1.29, 1.82) is 0 Å². The van der Waals surface area contributed by atoms with Crippen molar-refractivity contribution in [1.82, 2.24) is 4.90 Å². The highest BCUT2D eigenvalue weighted by Crippen LogP contribution is 2.26. The number of hydrogen-bond donors (Lipinski definition) is 1. The molecule has 18 heavy (non-hydrogen) atoms. The molecular formula is C12H17NO4S. The first-order valence-electron chi connectivity index (χ1n) is 5.64. The minimum absolute atomic E-state index is 0.183. The zero-order valence-corrected chi connectivity index (χ0v) is 11.5. The van der Waals surface area contributed by atoms with E-state index in [9.17, 15) is 9.59 Å². The van der Waals surface area contributed by atoms with Crippen LogP contribution in [-0.2, 0) is 4.79 Å². The van der Waals surface area contributed by atoms with Crippen LogP contribution in [0.4, 0.5) is 0 Å². The fourth-order valence-corrected chi connectivity index (χ4v) is 2.35. The summed E-state index contributed by atoms with van der Waals surface area (Å²) < 4.78 is 5.10. The molecule has 0 saturated heterocycles. The lowest BCUT2D eigenvalue weighted by Gasteiger charge is -2.22. The van der Waals surface area contributed by atoms with E-state index < -0.39 is 11.9 Å². The summed E-state index contributed by atoms with van der Waals surface area (Å²) in [5, 5.41) is 10.7. The zero-order chi connectivity index (χ0) is 13.7. The first kappa shape index (κ1) is 14.5. The molecule has 0 radical (unpaired) electrons. The number of rotatable bonds is 6. The van der Waals surface area contributed by atoms with Gasteiger partial charge in [0, 0.05) is 13.1 Å². The third kappa shape index (κ3) is 3.22. The van der Waals surface area contributed by atoms with Crippen LogP contribution in [0.1, 0.15) is 23.5 Å². The number of hydrogen-bond acceptors (Lipinski definition) is 4. The van der Waals surface area contributed by atoms with Crippen LogP contribution in [0.3, 0.4) is 0 Å². The van der Waals surface area contributed by atoms with Crippen molar-refractivity contribution in [2.45, 2.75) is 13.8 Å². The van der Waals surface area contributed by atoms with Gasteiger partial charge < -0.3 is 14.7 Å². The minimum Gasteiger partial charge on any atom is -0.495 e. The number of amides is 1. The number of carbonyl (C=O) groups is 2. The van der Waals surface area contributed by atoms with Gasteiger partial charge in [0.25, 0.3) is 5.91 Å². The molecule has 1 amide bonds. The summed E-state index contributed by atoms with van der Waals surface area (Å²) in [6, 6.07) is 1.73. The summed E-state index contributed by atoms with van der Waals surface area (Å²) in [6.07, 6.45) is 0. The van der Waals surface area contributed by atoms with E-state index in [1.165, 1.54) is 23.3 Å². The smallest absolute Gasteiger partial charge is 0.308 e. The Kier molecular flexibility index (Phi) is 5.15. The van der Waals surface area contributed by atoms with Crippen LogP contribution < -0.4 is 4.74 Å². The number of nitrogens with zero attached hydrogens (tertiary/aromatic N) is 1. The van der Waals surface area contributed by atoms with Gasteiger partial charge in [-0.05, 0) is 18.4 Å². The van der Waals surface area contributed by atoms with Gasteiger partial charge in [-0.2, -0.15) is 0 Å². The molecule has 1 rings (SSSR count). The van der Waals surface area contributed by atoms with E-state index >= 15 is 0 Å². The van der Waals surface area contributed by atoms with Gasteiger partial charge in [0.1, 0.15) is 10.6 Å². The largest absolute Gasteiger partial charge is 0.495 e. The Balaban J connectivity index is 2.83. The van der Waals surface area contributed by atoms with Gasteiger partial charge in [-0.1, -0.05) is 6.92 Å². The van der Waals surface area contributed by atoms with Crippen LogP contribution in [0.15, 0.2) is 11.4 Å². The quantitative estimate of drug-likeness (QED) is 0.858. The van der Waals surface area contributed by atoms with Crippen molar-refractivity contribution in [3.63, 3.8) is 0 Å². The molecule has 1 aromatic rings. The molecule has 6 heteroatoms. The Labute approximate surface area is 110 Å². The van der Waals surface area contributed by atoms with E-state index in [1.807, 2.05) is 6.92 Å². The predicted molar refractivity (Wildman–Crippen MR) is 69.2 cm³/mol. The Morgan fingerprint density at radius 1 is 1.56 bits per heavy atom. The Hall–Kier alpha value is -1.56. The normalized spacial score (nSPS) is 11.9. The van der Waals surface area contributed by atoms with Crippen LogP contribution in [0.5, 0.6) is 5.75 Å². The van der Waals surface area contributed by atoms with Crippen molar-refractivity contribution in [3.8, 4) is 5.75 Å². The molecule has 0 aliphatic rings. The lowest BCUT2D eigenvalue weighted by molar-refractivity contribution is -0.141. The van der Waals surface area contributed by atoms with Gasteiger partial charge >= 0.3 is 5.97 Å². The Morgan fingerprint density at radius 3 is 2.72 bits per heavy atom. The van der Waals surface area contributed by atoms with Gasteiger partial charge in [0.2, 0.25) is 0 Å². The average Bonchev–Trinajstić information content (AvgIpc) is 2.82. The van der Waals surface area contributed by atoms with Crippen molar-refractivity contribution in [2.75, 3.05) is 20.2 Å². The molecule has 0 bridgehead atoms. The topological polar surface area (TPSA) is 66.8 Å². The zero-order valence-electron chi connectivity index (χ0n) is 10.7. The number of carboxylic acid groups (broad SMARTS) is 1. The van der Waals surface area contributed by atoms with Crippen molar-refractivity contribution >= 4 is 23.2 Å². The second-order valence-electron chi connectivity index (χ2n) is 3.90. The number of ether oxygens (including phenoxy) is 1. The molecule has 100 valence electrons. The third-order valence-corrected chi connectivity index (χ3v) is 3.51. The first-order valence-corrected chi connectivity index (χ1v) is 6.52. The molecule has 0 aliphatic heterocycles. The van der Waals surface area contributed by atoms with Gasteiger partial charge in [-0.15, -0.1) is 11.3 Å². The van der Waals surface area contributed by atoms with Gasteiger partial charge in [0.05, 0.1) is 13.0 Å². The number of carbonyl (C=O) groups excluding carboxylic acids is 1. The summed E-state index contributed by atoms with van der Waals surface area (Å²) in [6.45, 7) is 4.08. The fourth-order valence-electron chi connectivity index (χ4n) is 1.52. The predicted octanol–water partition coefficient (Wildman–Crippen LogP) is 1.94. The minimum atomic E-state index is -0.903. The standard InChI is InChI=1S/C12H17NO4S/c1-4-13(7-8(2)12(15)16)11(14)10-9(17-3)5-6-18-10/h5-6,8H,4,7H2,1-3H3,(H,15,16). The van der Waals surface area contributed by atoms with Gasteiger partial charge in [0.15, 0.2) is 0 Å². The second-order valence-corrected chi connectivity index (χ2v) is 4.82. The van der Waals surface area contributed by atoms with Crippen LogP contribution >= 0.6 is 11.3 Å². The second kappa shape index (κ2) is 6.39. The highest BCUT2D eigenvalue weighted by molar-refractivity contribution is 7.12. The number of aliphatic carboxylic acids is 1. The lowest BCUT2D eigenvalue weighted by Crippen LogP contribution is -2.36. The van der Waals surface area contributed by atoms with Crippen molar-refractivity contribution in [2.24, 2.45) is 5.92 Å². The van der Waals surface area contributed by atoms with E-state index in [2.05, 4.69) is 0 Å². The van der Waals surface area contributed by atoms with Crippen LogP contribution in [-0.4, -0.2) is 42.1 Å². The van der Waals surface area contributed by atoms with E-state index in [1.54, 1.807) is 18.4 Å². The highest BCUT2D eigenvalue weighted by atomic mass is 32.1. The molecule has 1 N–H and O–H groups in total. The Morgan fingerprint density at radius 2 is 2.22 bits per heavy atom. The molecule has 0 saturated carbocycles. The molecule has 0 aliphatic carbocycles. The summed E-state index contributed by atoms with van der Waals surface area (Å²) in [7, 11) is 1.51. The number of methoxy groups -OCH3 is 1. The highest BCUT2D eigenvalue weighted by Gasteiger charge is 2.23. The maximum absolute atomic E-state index is 12.2. The van der Waals surface area contributed by atoms with Crippen LogP contribution in [0.25, 0.3) is 0 Å². The van der Waals surface area contributed by atoms with E-state index in [0.717, 1.165) is 0 Å². The van der Waals surface area contributed by atoms with Gasteiger partial charge in [-0.3, -0.25) is 9.59 Å². The van der Waals surface area contributed by atoms with E-state index in [4.69, 9.17) is 9.84 Å². The molecular weight excluding hydrogens is 254 g/mol. The summed E-state index contributed by atoms with van der Waals surface area (Å²) in [5.41, 5.74) is 0. The van der Waals surface area contributed by atoms with Crippen LogP contribution in [0, 0.1) is 5.92 Å². The molecule has 1 unspecified atom stereocenters. The molecule has 1 heterocycles. The van der Waals surface area contributed by atoms with Crippen LogP contribution in [0.2, 0.25) is 0 Å². The lowest BCUT2D eigenvalue weighted by atomic mass is 10.1. The number of thiophene rings is 1. The molecule has 0 fully saturated rings. The molecule has 1 atom stereocenters. The monoisotopic (exact) mass is 271 g/mol. The summed E-state index contributed by atoms with van der Waals surface area (Å²) >= 11 is 1.30. The van der Waals surface area contributed by atoms with E-state index in [0.29, 0.717) is 17.2 Å². The molecule has 0 aromatic carbocycles. The summed E-state index contributed by atoms with van der Waals surface area (Å²) in [5.74, 6) is -1.14. The van der Waals surface area contributed by atoms with Gasteiger partial charge in [-0.25, -0.2) is 0 Å². The maximum atomic E-state index is 12.2. The molecule has 5 nitrogen and oxygen atoms in total. The Bertz CT molecular complexity index is 429. The third-order valence-electron chi connectivity index (χ3n) is 2.63.